The third kappa shape index (κ3) is 1.13. The maximum absolute atomic E-state index is 12.4. The Balaban J connectivity index is 2.53. The maximum atomic E-state index is 12.4. The van der Waals surface area contributed by atoms with Gasteiger partial charge in [0.25, 0.3) is 0 Å². The van der Waals surface area contributed by atoms with Gasteiger partial charge in [-0.05, 0) is 0 Å². The molecular formula is C5H9FO4. The smallest absolute Gasteiger partial charge is 0.189 e. The Morgan fingerprint density at radius 1 is 1.40 bits per heavy atom. The van der Waals surface area contributed by atoms with E-state index in [0.29, 0.717) is 0 Å². The van der Waals surface area contributed by atoms with E-state index in [4.69, 9.17) is 15.3 Å². The molecule has 0 bridgehead atoms. The predicted molar refractivity (Wildman–Crippen MR) is 28.9 cm³/mol. The highest BCUT2D eigenvalue weighted by atomic mass is 19.1. The van der Waals surface area contributed by atoms with Crippen molar-refractivity contribution in [2.24, 2.45) is 0 Å². The molecule has 1 heterocycles. The van der Waals surface area contributed by atoms with E-state index in [2.05, 4.69) is 4.74 Å². The largest absolute Gasteiger partial charge is 0.394 e. The molecule has 1 aliphatic rings. The van der Waals surface area contributed by atoms with Crippen LogP contribution < -0.4 is 0 Å². The minimum absolute atomic E-state index is 0.487. The molecule has 60 valence electrons. The fourth-order valence-corrected chi connectivity index (χ4v) is 0.859. The summed E-state index contributed by atoms with van der Waals surface area (Å²) < 4.78 is 16.8. The van der Waals surface area contributed by atoms with Crippen molar-refractivity contribution in [3.8, 4) is 0 Å². The second-order valence-electron chi connectivity index (χ2n) is 2.18. The first-order valence-corrected chi connectivity index (χ1v) is 2.93. The maximum Gasteiger partial charge on any atom is 0.189 e. The summed E-state index contributed by atoms with van der Waals surface area (Å²) in [5, 5.41) is 25.8. The molecule has 3 N–H and O–H groups in total. The van der Waals surface area contributed by atoms with E-state index >= 15 is 0 Å². The number of aliphatic hydroxyl groups excluding tert-OH is 3. The molecule has 0 aromatic carbocycles. The molecule has 0 aromatic rings. The minimum atomic E-state index is -1.81. The molecule has 0 aromatic heterocycles. The molecule has 1 fully saturated rings. The summed E-state index contributed by atoms with van der Waals surface area (Å²) >= 11 is 0. The molecule has 0 amide bonds. The Kier molecular flexibility index (Phi) is 2.20. The van der Waals surface area contributed by atoms with E-state index < -0.39 is 31.3 Å². The van der Waals surface area contributed by atoms with Crippen LogP contribution in [0, 0.1) is 0 Å². The summed E-state index contributed by atoms with van der Waals surface area (Å²) in [6.45, 7) is -0.487. The van der Waals surface area contributed by atoms with Crippen LogP contribution in [0.2, 0.25) is 0 Å². The number of alkyl halides is 1. The van der Waals surface area contributed by atoms with Gasteiger partial charge in [0.05, 0.1) is 6.61 Å². The quantitative estimate of drug-likeness (QED) is 0.423. The van der Waals surface area contributed by atoms with E-state index in [1.54, 1.807) is 0 Å². The number of rotatable bonds is 1. The van der Waals surface area contributed by atoms with E-state index in [0.717, 1.165) is 0 Å². The average molecular weight is 152 g/mol. The molecule has 5 heteroatoms. The van der Waals surface area contributed by atoms with Crippen LogP contribution in [-0.4, -0.2) is 46.6 Å². The standard InChI is InChI=1S/C5H9FO4/c6-3-4(8)2(1-7)10-5(3)9/h2-5,7-9H,1H2/t2?,3?,4-,5+/m1/s1. The first-order chi connectivity index (χ1) is 4.66. The molecular weight excluding hydrogens is 143 g/mol. The lowest BCUT2D eigenvalue weighted by Gasteiger charge is -2.08. The van der Waals surface area contributed by atoms with E-state index in [1.807, 2.05) is 0 Å². The van der Waals surface area contributed by atoms with E-state index in [-0.39, 0.29) is 0 Å². The van der Waals surface area contributed by atoms with E-state index in [9.17, 15) is 4.39 Å². The van der Waals surface area contributed by atoms with Gasteiger partial charge in [0.1, 0.15) is 12.2 Å². The van der Waals surface area contributed by atoms with Crippen molar-refractivity contribution in [2.75, 3.05) is 6.61 Å². The summed E-state index contributed by atoms with van der Waals surface area (Å²) in [7, 11) is 0. The number of aliphatic hydroxyl groups is 3. The second kappa shape index (κ2) is 2.79. The number of hydrogen-bond acceptors (Lipinski definition) is 4. The average Bonchev–Trinajstić information content (AvgIpc) is 2.17. The number of ether oxygens (including phenoxy) is 1. The first-order valence-electron chi connectivity index (χ1n) is 2.93. The zero-order valence-electron chi connectivity index (χ0n) is 5.14. The Bertz CT molecular complexity index is 120. The first kappa shape index (κ1) is 7.87. The van der Waals surface area contributed by atoms with Gasteiger partial charge in [-0.3, -0.25) is 0 Å². The Labute approximate surface area is 56.9 Å². The minimum Gasteiger partial charge on any atom is -0.394 e. The normalized spacial score (nSPS) is 48.0. The summed E-state index contributed by atoms with van der Waals surface area (Å²) in [5.41, 5.74) is 0. The second-order valence-corrected chi connectivity index (χ2v) is 2.18. The fraction of sp³-hybridized carbons (Fsp3) is 1.00. The van der Waals surface area contributed by atoms with Crippen molar-refractivity contribution in [3.63, 3.8) is 0 Å². The molecule has 1 rings (SSSR count). The van der Waals surface area contributed by atoms with Crippen LogP contribution in [0.5, 0.6) is 0 Å². The van der Waals surface area contributed by atoms with Gasteiger partial charge in [0.15, 0.2) is 12.5 Å². The van der Waals surface area contributed by atoms with Crippen LogP contribution in [0.3, 0.4) is 0 Å². The number of hydrogen-bond donors (Lipinski definition) is 3. The lowest BCUT2D eigenvalue weighted by Crippen LogP contribution is -2.30. The van der Waals surface area contributed by atoms with E-state index in [1.165, 1.54) is 0 Å². The molecule has 2 unspecified atom stereocenters. The van der Waals surface area contributed by atoms with Gasteiger partial charge >= 0.3 is 0 Å². The highest BCUT2D eigenvalue weighted by Crippen LogP contribution is 2.21. The molecule has 1 saturated heterocycles. The summed E-state index contributed by atoms with van der Waals surface area (Å²) in [5.74, 6) is 0. The monoisotopic (exact) mass is 152 g/mol. The molecule has 0 saturated carbocycles. The molecule has 0 spiro atoms. The third-order valence-electron chi connectivity index (χ3n) is 1.47. The van der Waals surface area contributed by atoms with Crippen molar-refractivity contribution in [2.45, 2.75) is 24.7 Å². The Morgan fingerprint density at radius 3 is 2.20 bits per heavy atom. The van der Waals surface area contributed by atoms with Crippen LogP contribution in [-0.2, 0) is 4.74 Å². The zero-order chi connectivity index (χ0) is 7.72. The van der Waals surface area contributed by atoms with Crippen LogP contribution in [0.4, 0.5) is 4.39 Å². The number of halogens is 1. The summed E-state index contributed by atoms with van der Waals surface area (Å²) in [6.07, 6.45) is -5.82. The highest BCUT2D eigenvalue weighted by molar-refractivity contribution is 4.85. The van der Waals surface area contributed by atoms with Gasteiger partial charge < -0.3 is 20.1 Å². The lowest BCUT2D eigenvalue weighted by atomic mass is 10.2. The van der Waals surface area contributed by atoms with Gasteiger partial charge in [-0.2, -0.15) is 0 Å². The van der Waals surface area contributed by atoms with Gasteiger partial charge in [0.2, 0.25) is 0 Å². The molecule has 10 heavy (non-hydrogen) atoms. The molecule has 4 nitrogen and oxygen atoms in total. The van der Waals surface area contributed by atoms with Gasteiger partial charge in [-0.15, -0.1) is 0 Å². The van der Waals surface area contributed by atoms with Crippen molar-refractivity contribution >= 4 is 0 Å². The van der Waals surface area contributed by atoms with Crippen molar-refractivity contribution in [1.29, 1.82) is 0 Å². The van der Waals surface area contributed by atoms with Crippen LogP contribution in [0.25, 0.3) is 0 Å². The van der Waals surface area contributed by atoms with Crippen LogP contribution >= 0.6 is 0 Å². The van der Waals surface area contributed by atoms with Gasteiger partial charge in [-0.25, -0.2) is 4.39 Å². The van der Waals surface area contributed by atoms with Crippen LogP contribution in [0.15, 0.2) is 0 Å². The zero-order valence-corrected chi connectivity index (χ0v) is 5.14. The van der Waals surface area contributed by atoms with Gasteiger partial charge in [-0.1, -0.05) is 0 Å². The van der Waals surface area contributed by atoms with Crippen molar-refractivity contribution in [1.82, 2.24) is 0 Å². The molecule has 4 atom stereocenters. The Hall–Kier alpha value is -0.230. The topological polar surface area (TPSA) is 69.9 Å². The fourth-order valence-electron chi connectivity index (χ4n) is 0.859. The molecule has 0 radical (unpaired) electrons. The summed E-state index contributed by atoms with van der Waals surface area (Å²) in [6, 6.07) is 0. The van der Waals surface area contributed by atoms with Gasteiger partial charge in [0, 0.05) is 0 Å². The Morgan fingerprint density at radius 2 is 2.00 bits per heavy atom. The van der Waals surface area contributed by atoms with Crippen molar-refractivity contribution < 1.29 is 24.4 Å². The predicted octanol–water partition coefficient (Wildman–Crippen LogP) is -1.61. The van der Waals surface area contributed by atoms with Crippen molar-refractivity contribution in [3.05, 3.63) is 0 Å². The highest BCUT2D eigenvalue weighted by Gasteiger charge is 2.42. The molecule has 0 aliphatic carbocycles. The lowest BCUT2D eigenvalue weighted by molar-refractivity contribution is -0.121. The third-order valence-corrected chi connectivity index (χ3v) is 1.47. The SMILES string of the molecule is OCC1O[C@H](O)C(F)[C@@H]1O. The summed E-state index contributed by atoms with van der Waals surface area (Å²) in [4.78, 5) is 0. The van der Waals surface area contributed by atoms with Crippen LogP contribution in [0.1, 0.15) is 0 Å². The molecule has 1 aliphatic heterocycles.